The summed E-state index contributed by atoms with van der Waals surface area (Å²) in [6.07, 6.45) is 0.823. The lowest BCUT2D eigenvalue weighted by Crippen LogP contribution is -2.43. The Balaban J connectivity index is 1.75. The Morgan fingerprint density at radius 3 is 2.66 bits per heavy atom. The summed E-state index contributed by atoms with van der Waals surface area (Å²) in [5.41, 5.74) is 2.06. The molecule has 0 saturated carbocycles. The molecule has 0 unspecified atom stereocenters. The molecule has 1 aromatic heterocycles. The first-order valence-electron chi connectivity index (χ1n) is 10.5. The van der Waals surface area contributed by atoms with Gasteiger partial charge in [-0.1, -0.05) is 43.3 Å². The molecule has 0 aliphatic heterocycles. The van der Waals surface area contributed by atoms with Gasteiger partial charge in [0.15, 0.2) is 5.13 Å². The SMILES string of the molecule is CC[C@@H](C)NC(=O)CN(Cc1ccccc1)C(=O)c1csc(Nc2cccc(OC)c2)n1. The van der Waals surface area contributed by atoms with Gasteiger partial charge in [-0.15, -0.1) is 11.3 Å². The standard InChI is InChI=1S/C24H28N4O3S/c1-4-17(2)25-22(29)15-28(14-18-9-6-5-7-10-18)23(30)21-16-32-24(27-21)26-19-11-8-12-20(13-19)31-3/h5-13,16-17H,4,14-15H2,1-3H3,(H,25,29)(H,26,27)/t17-/m1/s1. The van der Waals surface area contributed by atoms with Crippen LogP contribution in [-0.4, -0.2) is 41.4 Å². The quantitative estimate of drug-likeness (QED) is 0.475. The maximum atomic E-state index is 13.2. The normalized spacial score (nSPS) is 11.5. The van der Waals surface area contributed by atoms with Crippen molar-refractivity contribution in [2.75, 3.05) is 19.0 Å². The molecule has 0 aliphatic rings. The molecule has 1 heterocycles. The maximum absolute atomic E-state index is 13.2. The summed E-state index contributed by atoms with van der Waals surface area (Å²) in [5, 5.41) is 8.41. The Bertz CT molecular complexity index is 1040. The predicted molar refractivity (Wildman–Crippen MR) is 127 cm³/mol. The molecule has 0 radical (unpaired) electrons. The van der Waals surface area contributed by atoms with Crippen molar-refractivity contribution in [3.05, 3.63) is 71.2 Å². The lowest BCUT2D eigenvalue weighted by atomic mass is 10.2. The third-order valence-corrected chi connectivity index (χ3v) is 5.66. The van der Waals surface area contributed by atoms with Crippen molar-refractivity contribution >= 4 is 34.0 Å². The Morgan fingerprint density at radius 2 is 1.94 bits per heavy atom. The van der Waals surface area contributed by atoms with Crippen LogP contribution in [0.15, 0.2) is 60.0 Å². The van der Waals surface area contributed by atoms with Gasteiger partial charge in [0.2, 0.25) is 5.91 Å². The fourth-order valence-electron chi connectivity index (χ4n) is 3.01. The molecule has 0 fully saturated rings. The summed E-state index contributed by atoms with van der Waals surface area (Å²) < 4.78 is 5.24. The molecule has 3 aromatic rings. The molecule has 2 amide bonds. The number of methoxy groups -OCH3 is 1. The number of hydrogen-bond acceptors (Lipinski definition) is 6. The van der Waals surface area contributed by atoms with E-state index in [4.69, 9.17) is 4.74 Å². The van der Waals surface area contributed by atoms with Crippen LogP contribution < -0.4 is 15.4 Å². The summed E-state index contributed by atoms with van der Waals surface area (Å²) in [7, 11) is 1.61. The molecular formula is C24H28N4O3S. The van der Waals surface area contributed by atoms with Crippen molar-refractivity contribution in [3.63, 3.8) is 0 Å². The third-order valence-electron chi connectivity index (χ3n) is 4.90. The number of ether oxygens (including phenoxy) is 1. The van der Waals surface area contributed by atoms with Gasteiger partial charge >= 0.3 is 0 Å². The van der Waals surface area contributed by atoms with Crippen LogP contribution in [0.1, 0.15) is 36.3 Å². The van der Waals surface area contributed by atoms with Crippen LogP contribution in [0.3, 0.4) is 0 Å². The average molecular weight is 453 g/mol. The Morgan fingerprint density at radius 1 is 1.16 bits per heavy atom. The molecule has 8 heteroatoms. The van der Waals surface area contributed by atoms with Crippen LogP contribution in [0.2, 0.25) is 0 Å². The molecule has 0 bridgehead atoms. The molecule has 168 valence electrons. The zero-order valence-corrected chi connectivity index (χ0v) is 19.3. The first-order chi connectivity index (χ1) is 15.5. The Labute approximate surface area is 192 Å². The number of carbonyl (C=O) groups excluding carboxylic acids is 2. The molecular weight excluding hydrogens is 424 g/mol. The highest BCUT2D eigenvalue weighted by atomic mass is 32.1. The van der Waals surface area contributed by atoms with Gasteiger partial charge in [-0.25, -0.2) is 4.98 Å². The van der Waals surface area contributed by atoms with Crippen molar-refractivity contribution in [2.24, 2.45) is 0 Å². The van der Waals surface area contributed by atoms with E-state index >= 15 is 0 Å². The van der Waals surface area contributed by atoms with Gasteiger partial charge in [0.05, 0.1) is 7.11 Å². The van der Waals surface area contributed by atoms with Gasteiger partial charge in [0.1, 0.15) is 18.0 Å². The van der Waals surface area contributed by atoms with Crippen molar-refractivity contribution < 1.29 is 14.3 Å². The van der Waals surface area contributed by atoms with Crippen LogP contribution in [0.4, 0.5) is 10.8 Å². The summed E-state index contributed by atoms with van der Waals surface area (Å²) in [6.45, 7) is 4.24. The molecule has 1 atom stereocenters. The summed E-state index contributed by atoms with van der Waals surface area (Å²) >= 11 is 1.33. The highest BCUT2D eigenvalue weighted by Gasteiger charge is 2.22. The van der Waals surface area contributed by atoms with Gasteiger partial charge in [0.25, 0.3) is 5.91 Å². The van der Waals surface area contributed by atoms with Gasteiger partial charge < -0.3 is 20.3 Å². The van der Waals surface area contributed by atoms with Crippen LogP contribution >= 0.6 is 11.3 Å². The van der Waals surface area contributed by atoms with Crippen LogP contribution in [0.5, 0.6) is 5.75 Å². The number of aromatic nitrogens is 1. The molecule has 2 aromatic carbocycles. The van der Waals surface area contributed by atoms with Crippen LogP contribution in [0, 0.1) is 0 Å². The second kappa shape index (κ2) is 11.3. The minimum absolute atomic E-state index is 0.0335. The van der Waals surface area contributed by atoms with Crippen molar-refractivity contribution in [1.82, 2.24) is 15.2 Å². The molecule has 3 rings (SSSR count). The van der Waals surface area contributed by atoms with Gasteiger partial charge in [-0.05, 0) is 31.0 Å². The molecule has 2 N–H and O–H groups in total. The van der Waals surface area contributed by atoms with E-state index in [0.29, 0.717) is 17.4 Å². The monoisotopic (exact) mass is 452 g/mol. The number of benzene rings is 2. The number of hydrogen-bond donors (Lipinski definition) is 2. The van der Waals surface area contributed by atoms with Gasteiger partial charge in [0, 0.05) is 29.7 Å². The van der Waals surface area contributed by atoms with Crippen LogP contribution in [-0.2, 0) is 11.3 Å². The molecule has 32 heavy (non-hydrogen) atoms. The molecule has 0 aliphatic carbocycles. The summed E-state index contributed by atoms with van der Waals surface area (Å²) in [6, 6.07) is 17.1. The zero-order valence-electron chi connectivity index (χ0n) is 18.5. The Hall–Kier alpha value is -3.39. The number of nitrogens with one attached hydrogen (secondary N) is 2. The van der Waals surface area contributed by atoms with E-state index in [2.05, 4.69) is 15.6 Å². The van der Waals surface area contributed by atoms with Crippen molar-refractivity contribution in [1.29, 1.82) is 0 Å². The molecule has 0 saturated heterocycles. The summed E-state index contributed by atoms with van der Waals surface area (Å²) in [5.74, 6) is 0.251. The highest BCUT2D eigenvalue weighted by Crippen LogP contribution is 2.24. The minimum Gasteiger partial charge on any atom is -0.497 e. The summed E-state index contributed by atoms with van der Waals surface area (Å²) in [4.78, 5) is 31.7. The molecule has 7 nitrogen and oxygen atoms in total. The van der Waals surface area contributed by atoms with E-state index in [1.165, 1.54) is 16.2 Å². The van der Waals surface area contributed by atoms with E-state index in [1.807, 2.05) is 68.4 Å². The van der Waals surface area contributed by atoms with Gasteiger partial charge in [-0.3, -0.25) is 9.59 Å². The van der Waals surface area contributed by atoms with Crippen LogP contribution in [0.25, 0.3) is 0 Å². The second-order valence-electron chi connectivity index (χ2n) is 7.42. The van der Waals surface area contributed by atoms with Gasteiger partial charge in [-0.2, -0.15) is 0 Å². The lowest BCUT2D eigenvalue weighted by molar-refractivity contribution is -0.122. The largest absolute Gasteiger partial charge is 0.497 e. The van der Waals surface area contributed by atoms with E-state index in [-0.39, 0.29) is 24.4 Å². The van der Waals surface area contributed by atoms with Crippen molar-refractivity contribution in [2.45, 2.75) is 32.9 Å². The average Bonchev–Trinajstić information content (AvgIpc) is 3.27. The Kier molecular flexibility index (Phi) is 8.21. The highest BCUT2D eigenvalue weighted by molar-refractivity contribution is 7.14. The van der Waals surface area contributed by atoms with E-state index < -0.39 is 0 Å². The predicted octanol–water partition coefficient (Wildman–Crippen LogP) is 4.45. The third kappa shape index (κ3) is 6.55. The minimum atomic E-state index is -0.289. The number of rotatable bonds is 10. The number of amides is 2. The topological polar surface area (TPSA) is 83.6 Å². The number of carbonyl (C=O) groups is 2. The molecule has 0 spiro atoms. The number of thiazole rings is 1. The van der Waals surface area contributed by atoms with E-state index in [0.717, 1.165) is 23.4 Å². The van der Waals surface area contributed by atoms with Crippen molar-refractivity contribution in [3.8, 4) is 5.75 Å². The second-order valence-corrected chi connectivity index (χ2v) is 8.28. The van der Waals surface area contributed by atoms with E-state index in [1.54, 1.807) is 12.5 Å². The fourth-order valence-corrected chi connectivity index (χ4v) is 3.72. The first-order valence-corrected chi connectivity index (χ1v) is 11.4. The number of nitrogens with zero attached hydrogens (tertiary/aromatic N) is 2. The van der Waals surface area contributed by atoms with E-state index in [9.17, 15) is 9.59 Å². The number of anilines is 2. The fraction of sp³-hybridized carbons (Fsp3) is 0.292. The maximum Gasteiger partial charge on any atom is 0.274 e. The smallest absolute Gasteiger partial charge is 0.274 e. The first kappa shape index (κ1) is 23.3. The lowest BCUT2D eigenvalue weighted by Gasteiger charge is -2.22. The zero-order chi connectivity index (χ0) is 22.9.